The maximum atomic E-state index is 11.9. The van der Waals surface area contributed by atoms with Crippen LogP contribution in [-0.2, 0) is 4.79 Å². The fraction of sp³-hybridized carbons (Fsp3) is 0.312. The van der Waals surface area contributed by atoms with E-state index in [1.807, 2.05) is 18.2 Å². The molecule has 0 radical (unpaired) electrons. The first-order chi connectivity index (χ1) is 10.7. The van der Waals surface area contributed by atoms with Gasteiger partial charge in [0.05, 0.1) is 11.0 Å². The van der Waals surface area contributed by atoms with E-state index in [0.717, 1.165) is 41.1 Å². The third-order valence-corrected chi connectivity index (χ3v) is 3.68. The quantitative estimate of drug-likeness (QED) is 0.630. The van der Waals surface area contributed by atoms with Crippen molar-refractivity contribution in [3.8, 4) is 0 Å². The van der Waals surface area contributed by atoms with Gasteiger partial charge >= 0.3 is 0 Å². The smallest absolute Gasteiger partial charge is 0.226 e. The number of aromatic amines is 1. The van der Waals surface area contributed by atoms with Gasteiger partial charge in [0.2, 0.25) is 11.9 Å². The number of benzene rings is 1. The van der Waals surface area contributed by atoms with Gasteiger partial charge in [0.1, 0.15) is 5.82 Å². The first kappa shape index (κ1) is 14.3. The lowest BCUT2D eigenvalue weighted by molar-refractivity contribution is -0.116. The highest BCUT2D eigenvalue weighted by Crippen LogP contribution is 2.28. The van der Waals surface area contributed by atoms with E-state index in [1.54, 1.807) is 6.20 Å². The number of H-pyrrole nitrogens is 1. The molecule has 0 unspecified atom stereocenters. The molecule has 0 aliphatic carbocycles. The molecule has 0 saturated carbocycles. The number of carbonyl (C=O) groups is 1. The van der Waals surface area contributed by atoms with Crippen molar-refractivity contribution in [2.45, 2.75) is 32.6 Å². The highest BCUT2D eigenvalue weighted by atomic mass is 16.1. The van der Waals surface area contributed by atoms with Crippen LogP contribution >= 0.6 is 0 Å². The topological polar surface area (TPSA) is 96.7 Å². The normalized spacial score (nSPS) is 11.1. The van der Waals surface area contributed by atoms with Gasteiger partial charge in [0.25, 0.3) is 0 Å². The zero-order valence-corrected chi connectivity index (χ0v) is 12.5. The molecule has 6 heteroatoms. The van der Waals surface area contributed by atoms with Crippen LogP contribution in [0.3, 0.4) is 0 Å². The van der Waals surface area contributed by atoms with Crippen LogP contribution < -0.4 is 11.1 Å². The number of amides is 1. The van der Waals surface area contributed by atoms with E-state index in [-0.39, 0.29) is 5.91 Å². The van der Waals surface area contributed by atoms with Crippen LogP contribution in [0.1, 0.15) is 32.6 Å². The highest BCUT2D eigenvalue weighted by molar-refractivity contribution is 6.10. The number of anilines is 2. The average Bonchev–Trinajstić information content (AvgIpc) is 2.95. The lowest BCUT2D eigenvalue weighted by atomic mass is 10.1. The third-order valence-electron chi connectivity index (χ3n) is 3.68. The molecule has 0 spiro atoms. The molecule has 114 valence electrons. The molecule has 0 saturated heterocycles. The van der Waals surface area contributed by atoms with Gasteiger partial charge in [-0.1, -0.05) is 19.8 Å². The van der Waals surface area contributed by atoms with Crippen molar-refractivity contribution in [2.75, 3.05) is 11.1 Å². The molecular formula is C16H19N5O. The van der Waals surface area contributed by atoms with Crippen molar-refractivity contribution in [3.05, 3.63) is 24.4 Å². The van der Waals surface area contributed by atoms with Crippen molar-refractivity contribution >= 4 is 39.5 Å². The summed E-state index contributed by atoms with van der Waals surface area (Å²) < 4.78 is 0. The van der Waals surface area contributed by atoms with Crippen molar-refractivity contribution < 1.29 is 4.79 Å². The molecular weight excluding hydrogens is 278 g/mol. The number of fused-ring (bicyclic) bond motifs is 3. The van der Waals surface area contributed by atoms with Gasteiger partial charge in [-0.05, 0) is 24.6 Å². The zero-order chi connectivity index (χ0) is 15.5. The number of hydrogen-bond donors (Lipinski definition) is 3. The Bertz CT molecular complexity index is 824. The number of unbranched alkanes of at least 4 members (excludes halogenated alkanes) is 2. The van der Waals surface area contributed by atoms with Crippen LogP contribution in [0, 0.1) is 0 Å². The first-order valence-corrected chi connectivity index (χ1v) is 7.52. The SMILES string of the molecule is CCCCCC(=O)Nc1nc(N)c2c(ccc3nccc32)[nH]1. The number of nitrogens with two attached hydrogens (primary N) is 1. The lowest BCUT2D eigenvalue weighted by Gasteiger charge is -2.09. The predicted molar refractivity (Wildman–Crippen MR) is 88.6 cm³/mol. The van der Waals surface area contributed by atoms with Gasteiger partial charge in [-0.3, -0.25) is 15.1 Å². The van der Waals surface area contributed by atoms with Crippen molar-refractivity contribution in [1.82, 2.24) is 15.0 Å². The Labute approximate surface area is 128 Å². The van der Waals surface area contributed by atoms with Crippen molar-refractivity contribution in [1.29, 1.82) is 0 Å². The molecule has 22 heavy (non-hydrogen) atoms. The second-order valence-corrected chi connectivity index (χ2v) is 5.34. The number of rotatable bonds is 5. The Hall–Kier alpha value is -2.63. The summed E-state index contributed by atoms with van der Waals surface area (Å²) in [5, 5.41) is 4.56. The van der Waals surface area contributed by atoms with Gasteiger partial charge in [-0.15, -0.1) is 0 Å². The van der Waals surface area contributed by atoms with E-state index in [2.05, 4.69) is 27.2 Å². The van der Waals surface area contributed by atoms with E-state index in [9.17, 15) is 4.79 Å². The number of aromatic nitrogens is 3. The van der Waals surface area contributed by atoms with Crippen LogP contribution in [0.2, 0.25) is 0 Å². The Morgan fingerprint density at radius 3 is 3.00 bits per heavy atom. The summed E-state index contributed by atoms with van der Waals surface area (Å²) in [6, 6.07) is 5.72. The van der Waals surface area contributed by atoms with Crippen LogP contribution in [-0.4, -0.2) is 20.9 Å². The van der Waals surface area contributed by atoms with E-state index < -0.39 is 0 Å². The summed E-state index contributed by atoms with van der Waals surface area (Å²) in [4.78, 5) is 23.5. The molecule has 0 aliphatic heterocycles. The molecule has 6 nitrogen and oxygen atoms in total. The standard InChI is InChI=1S/C16H19N5O/c1-2-3-4-5-13(22)20-16-19-12-7-6-11-10(8-9-18-11)14(12)15(17)21-16/h6-9H,2-5,17H2,1H3,(H2,19,20,21,22). The molecule has 1 aromatic carbocycles. The molecule has 2 heterocycles. The second kappa shape index (κ2) is 6.01. The van der Waals surface area contributed by atoms with E-state index in [0.29, 0.717) is 18.2 Å². The minimum atomic E-state index is -0.0491. The fourth-order valence-corrected chi connectivity index (χ4v) is 2.58. The molecule has 1 amide bonds. The lowest BCUT2D eigenvalue weighted by Crippen LogP contribution is -2.14. The largest absolute Gasteiger partial charge is 0.383 e. The number of nitrogen functional groups attached to an aromatic ring is 1. The Balaban J connectivity index is 1.89. The van der Waals surface area contributed by atoms with Crippen molar-refractivity contribution in [2.24, 2.45) is 0 Å². The van der Waals surface area contributed by atoms with Crippen LogP contribution in [0.15, 0.2) is 24.4 Å². The second-order valence-electron chi connectivity index (χ2n) is 5.34. The third kappa shape index (κ3) is 2.72. The van der Waals surface area contributed by atoms with Gasteiger partial charge in [0.15, 0.2) is 0 Å². The monoisotopic (exact) mass is 297 g/mol. The van der Waals surface area contributed by atoms with Crippen LogP contribution in [0.4, 0.5) is 11.8 Å². The van der Waals surface area contributed by atoms with Gasteiger partial charge in [-0.2, -0.15) is 4.98 Å². The zero-order valence-electron chi connectivity index (χ0n) is 12.5. The maximum absolute atomic E-state index is 11.9. The number of nitrogens with zero attached hydrogens (tertiary/aromatic N) is 2. The molecule has 0 atom stereocenters. The van der Waals surface area contributed by atoms with E-state index >= 15 is 0 Å². The van der Waals surface area contributed by atoms with Crippen molar-refractivity contribution in [3.63, 3.8) is 0 Å². The molecule has 3 aromatic rings. The number of carbonyl (C=O) groups excluding carboxylic acids is 1. The summed E-state index contributed by atoms with van der Waals surface area (Å²) in [5.74, 6) is 0.716. The fourth-order valence-electron chi connectivity index (χ4n) is 2.58. The summed E-state index contributed by atoms with van der Waals surface area (Å²) in [6.07, 6.45) is 5.25. The van der Waals surface area contributed by atoms with Gasteiger partial charge < -0.3 is 10.7 Å². The summed E-state index contributed by atoms with van der Waals surface area (Å²) in [6.45, 7) is 2.11. The Kier molecular flexibility index (Phi) is 3.91. The molecule has 0 aliphatic rings. The molecule has 2 aromatic heterocycles. The first-order valence-electron chi connectivity index (χ1n) is 7.52. The predicted octanol–water partition coefficient (Wildman–Crippen LogP) is 3.21. The summed E-state index contributed by atoms with van der Waals surface area (Å²) in [7, 11) is 0. The Morgan fingerprint density at radius 1 is 1.32 bits per heavy atom. The van der Waals surface area contributed by atoms with E-state index in [4.69, 9.17) is 5.73 Å². The maximum Gasteiger partial charge on any atom is 0.226 e. The number of nitrogens with one attached hydrogen (secondary N) is 2. The highest BCUT2D eigenvalue weighted by Gasteiger charge is 2.10. The molecule has 4 N–H and O–H groups in total. The van der Waals surface area contributed by atoms with Gasteiger partial charge in [-0.25, -0.2) is 0 Å². The van der Waals surface area contributed by atoms with Crippen LogP contribution in [0.25, 0.3) is 21.8 Å². The minimum Gasteiger partial charge on any atom is -0.383 e. The van der Waals surface area contributed by atoms with E-state index in [1.165, 1.54) is 0 Å². The van der Waals surface area contributed by atoms with Gasteiger partial charge in [0, 0.05) is 23.4 Å². The van der Waals surface area contributed by atoms with Crippen LogP contribution in [0.5, 0.6) is 0 Å². The Morgan fingerprint density at radius 2 is 2.18 bits per heavy atom. The number of hydrogen-bond acceptors (Lipinski definition) is 4. The summed E-state index contributed by atoms with van der Waals surface area (Å²) in [5.41, 5.74) is 7.78. The minimum absolute atomic E-state index is 0.0491. The molecule has 3 rings (SSSR count). The molecule has 0 fully saturated rings. The average molecular weight is 297 g/mol. The molecule has 0 bridgehead atoms. The summed E-state index contributed by atoms with van der Waals surface area (Å²) >= 11 is 0.